The van der Waals surface area contributed by atoms with E-state index in [1.54, 1.807) is 14.0 Å². The maximum atomic E-state index is 13.9. The maximum absolute atomic E-state index is 13.9. The number of carbonyl (C=O) groups is 2. The molecule has 2 aliphatic heterocycles. The van der Waals surface area contributed by atoms with Crippen molar-refractivity contribution in [2.45, 2.75) is 17.1 Å². The Morgan fingerprint density at radius 2 is 1.64 bits per heavy atom. The second kappa shape index (κ2) is 11.0. The van der Waals surface area contributed by atoms with Crippen molar-refractivity contribution in [2.75, 3.05) is 51.3 Å². The molecular weight excluding hydrogens is 538 g/mol. The monoisotopic (exact) mass is 569 g/mol. The van der Waals surface area contributed by atoms with Crippen molar-refractivity contribution in [3.63, 3.8) is 0 Å². The number of sulfonamides is 1. The molecule has 0 spiro atoms. The molecule has 1 aromatic heterocycles. The van der Waals surface area contributed by atoms with Crippen LogP contribution >= 0.6 is 11.3 Å². The number of carbonyl (C=O) groups excluding carboxylic acids is 1. The summed E-state index contributed by atoms with van der Waals surface area (Å²) in [4.78, 5) is 29.4. The number of amides is 1. The SMILES string of the molecule is COc1ccc(N2CCN(C(=O)C3CN(S(=O)(=O)c4sc(C(=O)O)cc4C)CC3c3ccccc3)CC2)cc1. The Bertz CT molecular complexity index is 1450. The van der Waals surface area contributed by atoms with Gasteiger partial charge in [-0.2, -0.15) is 4.31 Å². The van der Waals surface area contributed by atoms with E-state index in [1.807, 2.05) is 59.5 Å². The number of aryl methyl sites for hydroxylation is 1. The van der Waals surface area contributed by atoms with Gasteiger partial charge in [-0.25, -0.2) is 13.2 Å². The molecule has 0 radical (unpaired) electrons. The second-order valence-corrected chi connectivity index (χ2v) is 13.0. The second-order valence-electron chi connectivity index (χ2n) is 9.84. The lowest BCUT2D eigenvalue weighted by molar-refractivity contribution is -0.135. The molecule has 9 nitrogen and oxygen atoms in total. The van der Waals surface area contributed by atoms with Crippen molar-refractivity contribution in [3.8, 4) is 5.75 Å². The topological polar surface area (TPSA) is 107 Å². The van der Waals surface area contributed by atoms with Crippen LogP contribution in [-0.4, -0.2) is 81.0 Å². The van der Waals surface area contributed by atoms with Gasteiger partial charge in [-0.3, -0.25) is 4.79 Å². The van der Waals surface area contributed by atoms with E-state index in [0.717, 1.165) is 28.3 Å². The fourth-order valence-electron chi connectivity index (χ4n) is 5.41. The number of aromatic carboxylic acids is 1. The number of thiophene rings is 1. The van der Waals surface area contributed by atoms with E-state index >= 15 is 0 Å². The van der Waals surface area contributed by atoms with Gasteiger partial charge in [0.2, 0.25) is 5.91 Å². The number of hydrogen-bond donors (Lipinski definition) is 1. The average molecular weight is 570 g/mol. The molecule has 2 aromatic carbocycles. The molecule has 1 N–H and O–H groups in total. The van der Waals surface area contributed by atoms with E-state index < -0.39 is 21.9 Å². The Balaban J connectivity index is 1.35. The smallest absolute Gasteiger partial charge is 0.345 e. The molecule has 3 aromatic rings. The van der Waals surface area contributed by atoms with Gasteiger partial charge in [-0.05, 0) is 48.4 Å². The molecule has 0 bridgehead atoms. The molecule has 0 aliphatic carbocycles. The van der Waals surface area contributed by atoms with Gasteiger partial charge in [0.05, 0.1) is 13.0 Å². The van der Waals surface area contributed by atoms with Gasteiger partial charge in [0.1, 0.15) is 14.8 Å². The van der Waals surface area contributed by atoms with Gasteiger partial charge >= 0.3 is 5.97 Å². The van der Waals surface area contributed by atoms with Crippen molar-refractivity contribution in [1.82, 2.24) is 9.21 Å². The molecule has 0 saturated carbocycles. The number of carboxylic acids is 1. The van der Waals surface area contributed by atoms with Gasteiger partial charge in [0.15, 0.2) is 0 Å². The fourth-order valence-corrected chi connectivity index (χ4v) is 8.57. The number of benzene rings is 2. The fraction of sp³-hybridized carbons (Fsp3) is 0.357. The first-order valence-corrected chi connectivity index (χ1v) is 15.0. The Morgan fingerprint density at radius 3 is 2.23 bits per heavy atom. The van der Waals surface area contributed by atoms with E-state index in [-0.39, 0.29) is 34.0 Å². The van der Waals surface area contributed by atoms with E-state index in [0.29, 0.717) is 31.7 Å². The Kier molecular flexibility index (Phi) is 7.66. The predicted molar refractivity (Wildman–Crippen MR) is 149 cm³/mol. The normalized spacial score (nSPS) is 20.3. The summed E-state index contributed by atoms with van der Waals surface area (Å²) in [5, 5.41) is 9.36. The molecule has 2 fully saturated rings. The maximum Gasteiger partial charge on any atom is 0.345 e. The van der Waals surface area contributed by atoms with Crippen LogP contribution in [0.3, 0.4) is 0 Å². The first kappa shape index (κ1) is 27.2. The standard InChI is InChI=1S/C28H31N3O6S2/c1-19-16-25(27(33)34)38-28(19)39(35,36)31-17-23(20-6-4-3-5-7-20)24(18-31)26(32)30-14-12-29(13-15-30)21-8-10-22(37-2)11-9-21/h3-11,16,23-24H,12-15,17-18H2,1-2H3,(H,33,34). The number of rotatable bonds is 7. The van der Waals surface area contributed by atoms with Gasteiger partial charge < -0.3 is 19.6 Å². The molecule has 3 heterocycles. The summed E-state index contributed by atoms with van der Waals surface area (Å²) in [7, 11) is -2.34. The number of ether oxygens (including phenoxy) is 1. The van der Waals surface area contributed by atoms with E-state index in [9.17, 15) is 23.1 Å². The van der Waals surface area contributed by atoms with Crippen molar-refractivity contribution in [1.29, 1.82) is 0 Å². The summed E-state index contributed by atoms with van der Waals surface area (Å²) in [5.41, 5.74) is 2.38. The van der Waals surface area contributed by atoms with Gasteiger partial charge in [-0.1, -0.05) is 30.3 Å². The minimum atomic E-state index is -3.97. The summed E-state index contributed by atoms with van der Waals surface area (Å²) in [6, 6.07) is 18.8. The van der Waals surface area contributed by atoms with E-state index in [2.05, 4.69) is 4.90 Å². The third-order valence-electron chi connectivity index (χ3n) is 7.52. The molecule has 1 amide bonds. The Labute approximate surface area is 232 Å². The molecule has 5 rings (SSSR count). The van der Waals surface area contributed by atoms with Gasteiger partial charge in [0.25, 0.3) is 10.0 Å². The van der Waals surface area contributed by atoms with Crippen LogP contribution in [0.1, 0.15) is 26.7 Å². The van der Waals surface area contributed by atoms with Gasteiger partial charge in [-0.15, -0.1) is 11.3 Å². The van der Waals surface area contributed by atoms with Crippen molar-refractivity contribution < 1.29 is 27.9 Å². The number of anilines is 1. The van der Waals surface area contributed by atoms with Crippen LogP contribution < -0.4 is 9.64 Å². The highest BCUT2D eigenvalue weighted by Crippen LogP contribution is 2.39. The van der Waals surface area contributed by atoms with Crippen molar-refractivity contribution in [2.24, 2.45) is 5.92 Å². The predicted octanol–water partition coefficient (Wildman–Crippen LogP) is 3.52. The molecule has 11 heteroatoms. The van der Waals surface area contributed by atoms with Crippen LogP contribution in [0, 0.1) is 12.8 Å². The lowest BCUT2D eigenvalue weighted by Crippen LogP contribution is -2.51. The Hall–Kier alpha value is -3.41. The van der Waals surface area contributed by atoms with E-state index in [1.165, 1.54) is 10.4 Å². The molecule has 2 unspecified atom stereocenters. The van der Waals surface area contributed by atoms with Crippen LogP contribution in [0.4, 0.5) is 5.69 Å². The number of methoxy groups -OCH3 is 1. The van der Waals surface area contributed by atoms with E-state index in [4.69, 9.17) is 4.74 Å². The first-order valence-electron chi connectivity index (χ1n) is 12.8. The minimum absolute atomic E-state index is 0.0211. The number of nitrogens with zero attached hydrogens (tertiary/aromatic N) is 3. The van der Waals surface area contributed by atoms with Crippen LogP contribution in [0.15, 0.2) is 64.9 Å². The number of hydrogen-bond acceptors (Lipinski definition) is 7. The number of carboxylic acid groups (broad SMARTS) is 1. The number of piperazine rings is 1. The molecule has 2 atom stereocenters. The molecule has 2 saturated heterocycles. The van der Waals surface area contributed by atoms with Gasteiger partial charge in [0, 0.05) is 50.9 Å². The minimum Gasteiger partial charge on any atom is -0.497 e. The molecule has 206 valence electrons. The lowest BCUT2D eigenvalue weighted by Gasteiger charge is -2.38. The average Bonchev–Trinajstić information content (AvgIpc) is 3.59. The molecule has 39 heavy (non-hydrogen) atoms. The van der Waals surface area contributed by atoms with Crippen LogP contribution in [0.2, 0.25) is 0 Å². The summed E-state index contributed by atoms with van der Waals surface area (Å²) in [6.07, 6.45) is 0. The third kappa shape index (κ3) is 5.39. The quantitative estimate of drug-likeness (QED) is 0.464. The summed E-state index contributed by atoms with van der Waals surface area (Å²) >= 11 is 0.759. The van der Waals surface area contributed by atoms with Crippen LogP contribution in [0.25, 0.3) is 0 Å². The summed E-state index contributed by atoms with van der Waals surface area (Å²) < 4.78 is 33.9. The summed E-state index contributed by atoms with van der Waals surface area (Å²) in [6.45, 7) is 4.26. The highest BCUT2D eigenvalue weighted by atomic mass is 32.2. The molecular formula is C28H31N3O6S2. The Morgan fingerprint density at radius 1 is 0.974 bits per heavy atom. The van der Waals surface area contributed by atoms with Crippen LogP contribution in [0.5, 0.6) is 5.75 Å². The highest BCUT2D eigenvalue weighted by Gasteiger charge is 2.46. The van der Waals surface area contributed by atoms with Crippen LogP contribution in [-0.2, 0) is 14.8 Å². The third-order valence-corrected chi connectivity index (χ3v) is 11.2. The zero-order valence-electron chi connectivity index (χ0n) is 21.8. The highest BCUT2D eigenvalue weighted by molar-refractivity contribution is 7.91. The lowest BCUT2D eigenvalue weighted by atomic mass is 9.88. The summed E-state index contributed by atoms with van der Waals surface area (Å²) in [5.74, 6) is -1.25. The van der Waals surface area contributed by atoms with Crippen molar-refractivity contribution >= 4 is 38.9 Å². The zero-order valence-corrected chi connectivity index (χ0v) is 23.5. The van der Waals surface area contributed by atoms with Crippen molar-refractivity contribution in [3.05, 3.63) is 76.7 Å². The largest absolute Gasteiger partial charge is 0.497 e. The first-order chi connectivity index (χ1) is 18.7. The molecule has 2 aliphatic rings. The zero-order chi connectivity index (χ0) is 27.7.